The summed E-state index contributed by atoms with van der Waals surface area (Å²) in [5.74, 6) is 1.13. The fourth-order valence-electron chi connectivity index (χ4n) is 2.57. The summed E-state index contributed by atoms with van der Waals surface area (Å²) < 4.78 is 6.64. The Morgan fingerprint density at radius 3 is 2.70 bits per heavy atom. The Bertz CT molecular complexity index is 673. The van der Waals surface area contributed by atoms with Crippen LogP contribution in [0.25, 0.3) is 0 Å². The van der Waals surface area contributed by atoms with Gasteiger partial charge in [0.15, 0.2) is 0 Å². The number of halogens is 1. The van der Waals surface area contributed by atoms with Gasteiger partial charge in [0.2, 0.25) is 5.88 Å². The maximum atomic E-state index is 12.4. The van der Waals surface area contributed by atoms with Gasteiger partial charge in [-0.25, -0.2) is 4.98 Å². The predicted molar refractivity (Wildman–Crippen MR) is 91.6 cm³/mol. The number of likely N-dealkylation sites (tertiary alicyclic amines) is 1. The molecule has 2 N–H and O–H groups in total. The van der Waals surface area contributed by atoms with Gasteiger partial charge in [0, 0.05) is 35.9 Å². The van der Waals surface area contributed by atoms with Gasteiger partial charge in [0.1, 0.15) is 5.75 Å². The second kappa shape index (κ2) is 7.10. The molecule has 1 aromatic carbocycles. The summed E-state index contributed by atoms with van der Waals surface area (Å²) in [6.45, 7) is 1.36. The summed E-state index contributed by atoms with van der Waals surface area (Å²) in [5.41, 5.74) is 6.49. The highest BCUT2D eigenvalue weighted by Gasteiger charge is 2.22. The first-order valence-corrected chi connectivity index (χ1v) is 8.35. The molecular weight excluding hydrogens is 358 g/mol. The smallest absolute Gasteiger partial charge is 0.255 e. The highest BCUT2D eigenvalue weighted by molar-refractivity contribution is 9.10. The average molecular weight is 376 g/mol. The Balaban J connectivity index is 1.66. The first-order valence-electron chi connectivity index (χ1n) is 7.56. The summed E-state index contributed by atoms with van der Waals surface area (Å²) in [6.07, 6.45) is 3.48. The number of rotatable bonds is 3. The van der Waals surface area contributed by atoms with Crippen LogP contribution < -0.4 is 10.5 Å². The van der Waals surface area contributed by atoms with Crippen molar-refractivity contribution in [3.05, 3.63) is 52.6 Å². The van der Waals surface area contributed by atoms with E-state index in [2.05, 4.69) is 20.9 Å². The van der Waals surface area contributed by atoms with Crippen LogP contribution in [0.3, 0.4) is 0 Å². The van der Waals surface area contributed by atoms with E-state index in [-0.39, 0.29) is 11.9 Å². The van der Waals surface area contributed by atoms with Crippen molar-refractivity contribution in [2.45, 2.75) is 18.9 Å². The first kappa shape index (κ1) is 16.0. The molecule has 1 aromatic heterocycles. The number of aromatic nitrogens is 1. The predicted octanol–water partition coefficient (Wildman–Crippen LogP) is 3.20. The molecule has 1 atom stereocenters. The molecule has 5 nitrogen and oxygen atoms in total. The van der Waals surface area contributed by atoms with Crippen LogP contribution >= 0.6 is 15.9 Å². The molecule has 1 saturated heterocycles. The maximum Gasteiger partial charge on any atom is 0.255 e. The number of carbonyl (C=O) groups excluding carboxylic acids is 1. The normalized spacial score (nSPS) is 17.8. The van der Waals surface area contributed by atoms with Crippen molar-refractivity contribution < 1.29 is 9.53 Å². The molecule has 6 heteroatoms. The maximum absolute atomic E-state index is 12.4. The molecule has 1 unspecified atom stereocenters. The topological polar surface area (TPSA) is 68.5 Å². The first-order chi connectivity index (χ1) is 11.1. The van der Waals surface area contributed by atoms with Crippen molar-refractivity contribution in [3.63, 3.8) is 0 Å². The van der Waals surface area contributed by atoms with E-state index in [4.69, 9.17) is 10.5 Å². The fourth-order valence-corrected chi connectivity index (χ4v) is 2.83. The standard InChI is InChI=1S/C17H18BrN3O2/c18-13-4-6-15(7-5-13)23-16-8-3-12(10-20-16)17(22)21-9-1-2-14(19)11-21/h3-8,10,14H,1-2,9,11,19H2. The molecule has 1 fully saturated rings. The summed E-state index contributed by atoms with van der Waals surface area (Å²) in [7, 11) is 0. The van der Waals surface area contributed by atoms with E-state index in [0.29, 0.717) is 23.7 Å². The van der Waals surface area contributed by atoms with E-state index in [9.17, 15) is 4.79 Å². The number of carbonyl (C=O) groups is 1. The molecule has 120 valence electrons. The molecule has 23 heavy (non-hydrogen) atoms. The summed E-state index contributed by atoms with van der Waals surface area (Å²) in [6, 6.07) is 11.0. The van der Waals surface area contributed by atoms with Gasteiger partial charge >= 0.3 is 0 Å². The van der Waals surface area contributed by atoms with Gasteiger partial charge in [0.05, 0.1) is 5.56 Å². The minimum absolute atomic E-state index is 0.0251. The molecular formula is C17H18BrN3O2. The number of benzene rings is 1. The minimum atomic E-state index is -0.0251. The quantitative estimate of drug-likeness (QED) is 0.893. The van der Waals surface area contributed by atoms with Crippen LogP contribution in [0.5, 0.6) is 11.6 Å². The third kappa shape index (κ3) is 4.09. The van der Waals surface area contributed by atoms with E-state index in [0.717, 1.165) is 23.9 Å². The molecule has 1 aliphatic heterocycles. The molecule has 0 bridgehead atoms. The third-order valence-electron chi connectivity index (χ3n) is 3.76. The van der Waals surface area contributed by atoms with E-state index >= 15 is 0 Å². The minimum Gasteiger partial charge on any atom is -0.439 e. The molecule has 0 aliphatic carbocycles. The second-order valence-corrected chi connectivity index (χ2v) is 6.51. The lowest BCUT2D eigenvalue weighted by atomic mass is 10.1. The van der Waals surface area contributed by atoms with E-state index < -0.39 is 0 Å². The van der Waals surface area contributed by atoms with Crippen molar-refractivity contribution in [2.24, 2.45) is 5.73 Å². The van der Waals surface area contributed by atoms with Crippen LogP contribution in [0.2, 0.25) is 0 Å². The van der Waals surface area contributed by atoms with Crippen LogP contribution in [-0.2, 0) is 0 Å². The van der Waals surface area contributed by atoms with E-state index in [1.807, 2.05) is 24.3 Å². The number of pyridine rings is 1. The number of nitrogens with two attached hydrogens (primary N) is 1. The third-order valence-corrected chi connectivity index (χ3v) is 4.29. The summed E-state index contributed by atoms with van der Waals surface area (Å²) in [4.78, 5) is 18.4. The van der Waals surface area contributed by atoms with Gasteiger partial charge in [0.25, 0.3) is 5.91 Å². The Kier molecular flexibility index (Phi) is 4.93. The summed E-state index contributed by atoms with van der Waals surface area (Å²) >= 11 is 3.38. The Morgan fingerprint density at radius 2 is 2.04 bits per heavy atom. The number of ether oxygens (including phenoxy) is 1. The molecule has 0 spiro atoms. The molecule has 1 aliphatic rings. The molecule has 0 saturated carbocycles. The highest BCUT2D eigenvalue weighted by Crippen LogP contribution is 2.22. The Morgan fingerprint density at radius 1 is 1.26 bits per heavy atom. The number of nitrogens with zero attached hydrogens (tertiary/aromatic N) is 2. The zero-order chi connectivity index (χ0) is 16.2. The van der Waals surface area contributed by atoms with Gasteiger partial charge in [-0.1, -0.05) is 15.9 Å². The van der Waals surface area contributed by atoms with Gasteiger partial charge < -0.3 is 15.4 Å². The van der Waals surface area contributed by atoms with Crippen LogP contribution in [0, 0.1) is 0 Å². The lowest BCUT2D eigenvalue weighted by Gasteiger charge is -2.30. The number of hydrogen-bond donors (Lipinski definition) is 1. The van der Waals surface area contributed by atoms with Crippen LogP contribution in [0.15, 0.2) is 47.1 Å². The average Bonchev–Trinajstić information content (AvgIpc) is 2.57. The highest BCUT2D eigenvalue weighted by atomic mass is 79.9. The van der Waals surface area contributed by atoms with Crippen LogP contribution in [0.4, 0.5) is 0 Å². The Labute approximate surface area is 143 Å². The summed E-state index contributed by atoms with van der Waals surface area (Å²) in [5, 5.41) is 0. The number of piperidine rings is 1. The van der Waals surface area contributed by atoms with Gasteiger partial charge in [-0.05, 0) is 43.2 Å². The van der Waals surface area contributed by atoms with Crippen molar-refractivity contribution in [3.8, 4) is 11.6 Å². The van der Waals surface area contributed by atoms with Crippen molar-refractivity contribution in [1.29, 1.82) is 0 Å². The van der Waals surface area contributed by atoms with Crippen LogP contribution in [0.1, 0.15) is 23.2 Å². The monoisotopic (exact) mass is 375 g/mol. The van der Waals surface area contributed by atoms with Gasteiger partial charge in [-0.15, -0.1) is 0 Å². The lowest BCUT2D eigenvalue weighted by Crippen LogP contribution is -2.45. The largest absolute Gasteiger partial charge is 0.439 e. The van der Waals surface area contributed by atoms with Crippen molar-refractivity contribution in [1.82, 2.24) is 9.88 Å². The second-order valence-electron chi connectivity index (χ2n) is 5.59. The Hall–Kier alpha value is -1.92. The fraction of sp³-hybridized carbons (Fsp3) is 0.294. The van der Waals surface area contributed by atoms with Gasteiger partial charge in [-0.2, -0.15) is 0 Å². The lowest BCUT2D eigenvalue weighted by molar-refractivity contribution is 0.0708. The van der Waals surface area contributed by atoms with E-state index in [1.54, 1.807) is 23.2 Å². The molecule has 3 rings (SSSR count). The molecule has 1 amide bonds. The van der Waals surface area contributed by atoms with Crippen LogP contribution in [-0.4, -0.2) is 34.9 Å². The van der Waals surface area contributed by atoms with Crippen molar-refractivity contribution >= 4 is 21.8 Å². The number of amides is 1. The molecule has 0 radical (unpaired) electrons. The SMILES string of the molecule is NC1CCCN(C(=O)c2ccc(Oc3ccc(Br)cc3)nc2)C1. The zero-order valence-corrected chi connectivity index (χ0v) is 14.2. The molecule has 2 aromatic rings. The van der Waals surface area contributed by atoms with Gasteiger partial charge in [-0.3, -0.25) is 4.79 Å². The number of hydrogen-bond acceptors (Lipinski definition) is 4. The zero-order valence-electron chi connectivity index (χ0n) is 12.6. The molecule has 2 heterocycles. The van der Waals surface area contributed by atoms with E-state index in [1.165, 1.54) is 0 Å². The van der Waals surface area contributed by atoms with Crippen molar-refractivity contribution in [2.75, 3.05) is 13.1 Å².